The minimum Gasteiger partial charge on any atom is -0.309 e. The molecule has 0 fully saturated rings. The molecule has 0 aliphatic heterocycles. The zero-order valence-corrected chi connectivity index (χ0v) is 13.9. The summed E-state index contributed by atoms with van der Waals surface area (Å²) in [6.45, 7) is 2.14. The van der Waals surface area contributed by atoms with Crippen LogP contribution in [0.15, 0.2) is 39.7 Å². The lowest BCUT2D eigenvalue weighted by molar-refractivity contribution is 0.692. The van der Waals surface area contributed by atoms with Crippen molar-refractivity contribution in [2.24, 2.45) is 0 Å². The van der Waals surface area contributed by atoms with Gasteiger partial charge in [0.1, 0.15) is 0 Å². The summed E-state index contributed by atoms with van der Waals surface area (Å²) in [7, 11) is 2.02. The van der Waals surface area contributed by atoms with Crippen molar-refractivity contribution < 1.29 is 0 Å². The van der Waals surface area contributed by atoms with Crippen LogP contribution in [-0.2, 0) is 0 Å². The number of nitrogens with one attached hydrogen (secondary N) is 1. The number of thioether (sulfide) groups is 1. The molecule has 0 amide bonds. The first-order valence-corrected chi connectivity index (χ1v) is 8.56. The Morgan fingerprint density at radius 3 is 2.61 bits per heavy atom. The van der Waals surface area contributed by atoms with Crippen molar-refractivity contribution in [3.63, 3.8) is 0 Å². The van der Waals surface area contributed by atoms with E-state index in [1.54, 1.807) is 11.8 Å². The van der Waals surface area contributed by atoms with Crippen LogP contribution in [0.3, 0.4) is 0 Å². The van der Waals surface area contributed by atoms with Gasteiger partial charge in [-0.25, -0.2) is 0 Å². The predicted octanol–water partition coefficient (Wildman–Crippen LogP) is 4.85. The SMILES string of the molecule is CNC(c1cc(Br)c(C)s1)c1ccccc1SC. The Kier molecular flexibility index (Phi) is 4.90. The van der Waals surface area contributed by atoms with Crippen LogP contribution in [0.2, 0.25) is 0 Å². The molecule has 1 heterocycles. The fraction of sp³-hybridized carbons (Fsp3) is 0.286. The van der Waals surface area contributed by atoms with Crippen LogP contribution < -0.4 is 5.32 Å². The monoisotopic (exact) mass is 341 g/mol. The van der Waals surface area contributed by atoms with Gasteiger partial charge in [0.05, 0.1) is 6.04 Å². The number of rotatable bonds is 4. The second-order valence-corrected chi connectivity index (χ2v) is 7.01. The molecule has 1 unspecified atom stereocenters. The van der Waals surface area contributed by atoms with Crippen LogP contribution in [0.25, 0.3) is 0 Å². The van der Waals surface area contributed by atoms with Crippen LogP contribution in [0.1, 0.15) is 21.4 Å². The predicted molar refractivity (Wildman–Crippen MR) is 85.9 cm³/mol. The third kappa shape index (κ3) is 2.82. The molecule has 0 saturated carbocycles. The minimum atomic E-state index is 0.267. The van der Waals surface area contributed by atoms with Crippen molar-refractivity contribution in [1.82, 2.24) is 5.32 Å². The highest BCUT2D eigenvalue weighted by atomic mass is 79.9. The maximum atomic E-state index is 3.60. The van der Waals surface area contributed by atoms with E-state index in [4.69, 9.17) is 0 Å². The summed E-state index contributed by atoms with van der Waals surface area (Å²) in [6.07, 6.45) is 2.13. The largest absolute Gasteiger partial charge is 0.309 e. The first kappa shape index (κ1) is 14.1. The maximum absolute atomic E-state index is 3.60. The van der Waals surface area contributed by atoms with Gasteiger partial charge < -0.3 is 5.32 Å². The summed E-state index contributed by atoms with van der Waals surface area (Å²) in [5.41, 5.74) is 1.35. The van der Waals surface area contributed by atoms with Gasteiger partial charge in [0.2, 0.25) is 0 Å². The summed E-state index contributed by atoms with van der Waals surface area (Å²) in [6, 6.07) is 11.1. The second kappa shape index (κ2) is 6.24. The molecule has 1 N–H and O–H groups in total. The number of benzene rings is 1. The summed E-state index contributed by atoms with van der Waals surface area (Å²) in [5, 5.41) is 3.43. The Morgan fingerprint density at radius 2 is 2.06 bits per heavy atom. The molecular formula is C14H16BrNS2. The molecule has 0 spiro atoms. The van der Waals surface area contributed by atoms with E-state index in [1.165, 1.54) is 24.7 Å². The van der Waals surface area contributed by atoms with Crippen LogP contribution in [0.4, 0.5) is 0 Å². The van der Waals surface area contributed by atoms with E-state index in [2.05, 4.69) is 64.8 Å². The van der Waals surface area contributed by atoms with Crippen molar-refractivity contribution in [3.05, 3.63) is 50.1 Å². The van der Waals surface area contributed by atoms with Crippen LogP contribution in [0, 0.1) is 6.92 Å². The van der Waals surface area contributed by atoms with E-state index >= 15 is 0 Å². The van der Waals surface area contributed by atoms with Crippen LogP contribution in [0.5, 0.6) is 0 Å². The number of hydrogen-bond donors (Lipinski definition) is 1. The molecule has 1 atom stereocenters. The topological polar surface area (TPSA) is 12.0 Å². The van der Waals surface area contributed by atoms with Crippen molar-refractivity contribution in [1.29, 1.82) is 0 Å². The number of halogens is 1. The van der Waals surface area contributed by atoms with E-state index in [-0.39, 0.29) is 6.04 Å². The average molecular weight is 342 g/mol. The van der Waals surface area contributed by atoms with Gasteiger partial charge in [-0.1, -0.05) is 18.2 Å². The molecule has 2 rings (SSSR count). The lowest BCUT2D eigenvalue weighted by atomic mass is 10.1. The Bertz CT molecular complexity index is 517. The Hall–Kier alpha value is -0.290. The zero-order valence-electron chi connectivity index (χ0n) is 10.7. The summed E-state index contributed by atoms with van der Waals surface area (Å²) in [4.78, 5) is 4.01. The maximum Gasteiger partial charge on any atom is 0.0680 e. The summed E-state index contributed by atoms with van der Waals surface area (Å²) < 4.78 is 1.20. The lowest BCUT2D eigenvalue weighted by Gasteiger charge is -2.18. The van der Waals surface area contributed by atoms with E-state index in [0.717, 1.165) is 0 Å². The van der Waals surface area contributed by atoms with Gasteiger partial charge >= 0.3 is 0 Å². The molecule has 18 heavy (non-hydrogen) atoms. The van der Waals surface area contributed by atoms with Crippen molar-refractivity contribution in [2.75, 3.05) is 13.3 Å². The summed E-state index contributed by atoms with van der Waals surface area (Å²) >= 11 is 7.24. The highest BCUT2D eigenvalue weighted by molar-refractivity contribution is 9.10. The zero-order chi connectivity index (χ0) is 13.1. The highest BCUT2D eigenvalue weighted by Gasteiger charge is 2.18. The van der Waals surface area contributed by atoms with E-state index in [0.29, 0.717) is 0 Å². The van der Waals surface area contributed by atoms with Gasteiger partial charge in [0.15, 0.2) is 0 Å². The molecule has 0 saturated heterocycles. The smallest absolute Gasteiger partial charge is 0.0680 e. The Morgan fingerprint density at radius 1 is 1.33 bits per heavy atom. The van der Waals surface area contributed by atoms with Gasteiger partial charge in [0.25, 0.3) is 0 Å². The molecular weight excluding hydrogens is 326 g/mol. The molecule has 1 aromatic heterocycles. The minimum absolute atomic E-state index is 0.267. The fourth-order valence-electron chi connectivity index (χ4n) is 1.98. The van der Waals surface area contributed by atoms with Gasteiger partial charge in [0, 0.05) is 19.1 Å². The van der Waals surface area contributed by atoms with Crippen LogP contribution >= 0.6 is 39.0 Å². The molecule has 4 heteroatoms. The van der Waals surface area contributed by atoms with Crippen molar-refractivity contribution in [3.8, 4) is 0 Å². The van der Waals surface area contributed by atoms with E-state index < -0.39 is 0 Å². The Balaban J connectivity index is 2.45. The van der Waals surface area contributed by atoms with E-state index in [9.17, 15) is 0 Å². The Labute approximate surface area is 125 Å². The summed E-state index contributed by atoms with van der Waals surface area (Å²) in [5.74, 6) is 0. The standard InChI is InChI=1S/C14H16BrNS2/c1-9-11(15)8-13(18-9)14(16-2)10-6-4-5-7-12(10)17-3/h4-8,14,16H,1-3H3. The third-order valence-electron chi connectivity index (χ3n) is 2.90. The lowest BCUT2D eigenvalue weighted by Crippen LogP contribution is -2.17. The van der Waals surface area contributed by atoms with Crippen molar-refractivity contribution >= 4 is 39.0 Å². The first-order chi connectivity index (χ1) is 8.67. The van der Waals surface area contributed by atoms with Crippen molar-refractivity contribution in [2.45, 2.75) is 17.9 Å². The number of thiophene rings is 1. The molecule has 0 bridgehead atoms. The fourth-order valence-corrected chi connectivity index (χ4v) is 4.31. The molecule has 1 aromatic carbocycles. The normalized spacial score (nSPS) is 12.7. The van der Waals surface area contributed by atoms with Gasteiger partial charge in [-0.2, -0.15) is 0 Å². The van der Waals surface area contributed by atoms with Gasteiger partial charge in [-0.05, 0) is 53.9 Å². The van der Waals surface area contributed by atoms with Gasteiger partial charge in [-0.3, -0.25) is 0 Å². The molecule has 0 aliphatic rings. The molecule has 2 aromatic rings. The van der Waals surface area contributed by atoms with E-state index in [1.807, 2.05) is 18.4 Å². The molecule has 96 valence electrons. The van der Waals surface area contributed by atoms with Crippen LogP contribution in [-0.4, -0.2) is 13.3 Å². The molecule has 0 aliphatic carbocycles. The number of hydrogen-bond acceptors (Lipinski definition) is 3. The number of aryl methyl sites for hydroxylation is 1. The molecule has 0 radical (unpaired) electrons. The highest BCUT2D eigenvalue weighted by Crippen LogP contribution is 2.36. The quantitative estimate of drug-likeness (QED) is 0.797. The first-order valence-electron chi connectivity index (χ1n) is 5.73. The second-order valence-electron chi connectivity index (χ2n) is 4.02. The van der Waals surface area contributed by atoms with Gasteiger partial charge in [-0.15, -0.1) is 23.1 Å². The average Bonchev–Trinajstić information content (AvgIpc) is 2.71. The molecule has 1 nitrogen and oxygen atoms in total. The third-order valence-corrected chi connectivity index (χ3v) is 5.91.